The molecule has 0 N–H and O–H groups in total. The summed E-state index contributed by atoms with van der Waals surface area (Å²) in [7, 11) is 2.83. The molecule has 2 aromatic rings. The first-order chi connectivity index (χ1) is 11.6. The van der Waals surface area contributed by atoms with E-state index in [1.54, 1.807) is 12.1 Å². The molecule has 2 rings (SSSR count). The number of aryl methyl sites for hydroxylation is 2. The average molecular weight is 326 g/mol. The summed E-state index contributed by atoms with van der Waals surface area (Å²) < 4.78 is 10.2. The molecule has 2 aromatic carbocycles. The molecule has 0 amide bonds. The largest absolute Gasteiger partial charge is 0.496 e. The predicted octanol–water partition coefficient (Wildman–Crippen LogP) is 3.61. The second-order valence-electron chi connectivity index (χ2n) is 5.62. The van der Waals surface area contributed by atoms with Crippen LogP contribution in [0.25, 0.3) is 0 Å². The molecule has 126 valence electrons. The number of ether oxygens (including phenoxy) is 2. The van der Waals surface area contributed by atoms with Crippen LogP contribution in [0.3, 0.4) is 0 Å². The summed E-state index contributed by atoms with van der Waals surface area (Å²) in [5.41, 5.74) is 2.35. The summed E-state index contributed by atoms with van der Waals surface area (Å²) in [6.45, 7) is 1.87. The van der Waals surface area contributed by atoms with Crippen molar-refractivity contribution in [2.45, 2.75) is 19.8 Å². The Balaban J connectivity index is 2.26. The molecule has 4 heteroatoms. The molecule has 1 unspecified atom stereocenters. The SMILES string of the molecule is COC(=O)C(CCc1ccccc1)C(=O)c1cccc(C)c1OC. The third-order valence-corrected chi connectivity index (χ3v) is 4.05. The van der Waals surface area contributed by atoms with Crippen LogP contribution in [-0.4, -0.2) is 26.0 Å². The minimum absolute atomic E-state index is 0.265. The average Bonchev–Trinajstić information content (AvgIpc) is 2.62. The molecule has 0 saturated carbocycles. The van der Waals surface area contributed by atoms with E-state index >= 15 is 0 Å². The van der Waals surface area contributed by atoms with Crippen LogP contribution in [-0.2, 0) is 16.0 Å². The number of Topliss-reactive ketones (excluding diaryl/α,β-unsaturated/α-hetero) is 1. The number of carbonyl (C=O) groups is 2. The third kappa shape index (κ3) is 4.02. The molecule has 0 aliphatic heterocycles. The number of ketones is 1. The molecule has 0 aliphatic rings. The Morgan fingerprint density at radius 2 is 1.71 bits per heavy atom. The highest BCUT2D eigenvalue weighted by Crippen LogP contribution is 2.27. The van der Waals surface area contributed by atoms with Gasteiger partial charge in [0.15, 0.2) is 5.78 Å². The van der Waals surface area contributed by atoms with E-state index in [0.29, 0.717) is 24.2 Å². The lowest BCUT2D eigenvalue weighted by Crippen LogP contribution is -2.26. The van der Waals surface area contributed by atoms with Gasteiger partial charge in [-0.25, -0.2) is 0 Å². The molecule has 0 bridgehead atoms. The highest BCUT2D eigenvalue weighted by Gasteiger charge is 2.30. The van der Waals surface area contributed by atoms with Crippen LogP contribution in [0.15, 0.2) is 48.5 Å². The fourth-order valence-electron chi connectivity index (χ4n) is 2.76. The maximum Gasteiger partial charge on any atom is 0.316 e. The van der Waals surface area contributed by atoms with E-state index in [1.165, 1.54) is 14.2 Å². The van der Waals surface area contributed by atoms with Crippen LogP contribution in [0, 0.1) is 12.8 Å². The summed E-state index contributed by atoms with van der Waals surface area (Å²) >= 11 is 0. The molecule has 0 fully saturated rings. The molecule has 4 nitrogen and oxygen atoms in total. The van der Waals surface area contributed by atoms with E-state index in [9.17, 15) is 9.59 Å². The lowest BCUT2D eigenvalue weighted by Gasteiger charge is -2.16. The number of hydrogen-bond acceptors (Lipinski definition) is 4. The zero-order valence-electron chi connectivity index (χ0n) is 14.2. The zero-order chi connectivity index (χ0) is 17.5. The summed E-state index contributed by atoms with van der Waals surface area (Å²) in [6, 6.07) is 15.1. The van der Waals surface area contributed by atoms with Gasteiger partial charge in [0.1, 0.15) is 11.7 Å². The molecule has 0 aromatic heterocycles. The zero-order valence-corrected chi connectivity index (χ0v) is 14.2. The van der Waals surface area contributed by atoms with E-state index in [1.807, 2.05) is 43.3 Å². The van der Waals surface area contributed by atoms with Gasteiger partial charge in [-0.05, 0) is 37.0 Å². The smallest absolute Gasteiger partial charge is 0.316 e. The van der Waals surface area contributed by atoms with Crippen molar-refractivity contribution in [3.63, 3.8) is 0 Å². The van der Waals surface area contributed by atoms with Gasteiger partial charge in [0.05, 0.1) is 19.8 Å². The Morgan fingerprint density at radius 3 is 2.33 bits per heavy atom. The maximum atomic E-state index is 12.9. The van der Waals surface area contributed by atoms with Crippen molar-refractivity contribution in [1.29, 1.82) is 0 Å². The summed E-state index contributed by atoms with van der Waals surface area (Å²) in [5, 5.41) is 0. The molecule has 0 radical (unpaired) electrons. The van der Waals surface area contributed by atoms with Crippen molar-refractivity contribution >= 4 is 11.8 Å². The van der Waals surface area contributed by atoms with E-state index in [4.69, 9.17) is 9.47 Å². The van der Waals surface area contributed by atoms with Crippen molar-refractivity contribution in [2.24, 2.45) is 5.92 Å². The van der Waals surface area contributed by atoms with Gasteiger partial charge in [-0.15, -0.1) is 0 Å². The molecular formula is C20H22O4. The fourth-order valence-corrected chi connectivity index (χ4v) is 2.76. The van der Waals surface area contributed by atoms with Crippen LogP contribution in [0.5, 0.6) is 5.75 Å². The first kappa shape index (κ1) is 17.7. The van der Waals surface area contributed by atoms with Gasteiger partial charge in [0.2, 0.25) is 0 Å². The van der Waals surface area contributed by atoms with Crippen LogP contribution < -0.4 is 4.74 Å². The molecule has 0 spiro atoms. The number of esters is 1. The normalized spacial score (nSPS) is 11.6. The first-order valence-corrected chi connectivity index (χ1v) is 7.88. The molecule has 0 heterocycles. The van der Waals surface area contributed by atoms with Gasteiger partial charge in [0, 0.05) is 0 Å². The van der Waals surface area contributed by atoms with Crippen LogP contribution in [0.1, 0.15) is 27.9 Å². The minimum Gasteiger partial charge on any atom is -0.496 e. The second-order valence-corrected chi connectivity index (χ2v) is 5.62. The molecule has 1 atom stereocenters. The first-order valence-electron chi connectivity index (χ1n) is 7.88. The Morgan fingerprint density at radius 1 is 1.00 bits per heavy atom. The van der Waals surface area contributed by atoms with Crippen molar-refractivity contribution < 1.29 is 19.1 Å². The lowest BCUT2D eigenvalue weighted by atomic mass is 9.90. The number of benzene rings is 2. The molecular weight excluding hydrogens is 304 g/mol. The molecule has 0 saturated heterocycles. The van der Waals surface area contributed by atoms with Crippen molar-refractivity contribution in [2.75, 3.05) is 14.2 Å². The topological polar surface area (TPSA) is 52.6 Å². The van der Waals surface area contributed by atoms with Crippen molar-refractivity contribution in [3.8, 4) is 5.75 Å². The number of hydrogen-bond donors (Lipinski definition) is 0. The van der Waals surface area contributed by atoms with Gasteiger partial charge < -0.3 is 9.47 Å². The van der Waals surface area contributed by atoms with Crippen molar-refractivity contribution in [3.05, 3.63) is 65.2 Å². The Hall–Kier alpha value is -2.62. The monoisotopic (exact) mass is 326 g/mol. The summed E-state index contributed by atoms with van der Waals surface area (Å²) in [6.07, 6.45) is 1.02. The lowest BCUT2D eigenvalue weighted by molar-refractivity contribution is -0.143. The highest BCUT2D eigenvalue weighted by molar-refractivity contribution is 6.10. The van der Waals surface area contributed by atoms with Gasteiger partial charge in [-0.3, -0.25) is 9.59 Å². The van der Waals surface area contributed by atoms with Gasteiger partial charge in [-0.1, -0.05) is 42.5 Å². The molecule has 24 heavy (non-hydrogen) atoms. The molecule has 0 aliphatic carbocycles. The Kier molecular flexibility index (Phi) is 6.13. The van der Waals surface area contributed by atoms with Gasteiger partial charge in [0.25, 0.3) is 0 Å². The Labute approximate surface area is 142 Å². The number of methoxy groups -OCH3 is 2. The minimum atomic E-state index is -0.842. The van der Waals surface area contributed by atoms with Crippen LogP contribution >= 0.6 is 0 Å². The van der Waals surface area contributed by atoms with Gasteiger partial charge in [-0.2, -0.15) is 0 Å². The van der Waals surface area contributed by atoms with Crippen molar-refractivity contribution in [1.82, 2.24) is 0 Å². The number of para-hydroxylation sites is 1. The quantitative estimate of drug-likeness (QED) is 0.443. The summed E-state index contributed by atoms with van der Waals surface area (Å²) in [5.74, 6) is -1.11. The number of rotatable bonds is 7. The van der Waals surface area contributed by atoms with Gasteiger partial charge >= 0.3 is 5.97 Å². The van der Waals surface area contributed by atoms with Crippen LogP contribution in [0.4, 0.5) is 0 Å². The highest BCUT2D eigenvalue weighted by atomic mass is 16.5. The third-order valence-electron chi connectivity index (χ3n) is 4.05. The maximum absolute atomic E-state index is 12.9. The van der Waals surface area contributed by atoms with E-state index in [0.717, 1.165) is 11.1 Å². The van der Waals surface area contributed by atoms with E-state index in [2.05, 4.69) is 0 Å². The number of carbonyl (C=O) groups excluding carboxylic acids is 2. The predicted molar refractivity (Wildman–Crippen MR) is 92.3 cm³/mol. The van der Waals surface area contributed by atoms with E-state index in [-0.39, 0.29) is 5.78 Å². The van der Waals surface area contributed by atoms with Crippen LogP contribution in [0.2, 0.25) is 0 Å². The Bertz CT molecular complexity index is 707. The van der Waals surface area contributed by atoms with E-state index < -0.39 is 11.9 Å². The fraction of sp³-hybridized carbons (Fsp3) is 0.300. The second kappa shape index (κ2) is 8.29. The summed E-state index contributed by atoms with van der Waals surface area (Å²) in [4.78, 5) is 25.1. The standard InChI is InChI=1S/C20H22O4/c1-14-8-7-11-16(19(14)23-2)18(21)17(20(22)24-3)13-12-15-9-5-4-6-10-15/h4-11,17H,12-13H2,1-3H3.